The van der Waals surface area contributed by atoms with Gasteiger partial charge in [-0.15, -0.1) is 0 Å². The van der Waals surface area contributed by atoms with Gasteiger partial charge in [-0.2, -0.15) is 4.72 Å². The van der Waals surface area contributed by atoms with Gasteiger partial charge in [0, 0.05) is 5.56 Å². The number of fused-ring (bicyclic) bond motifs is 1. The minimum Gasteiger partial charge on any atom is -0.368 e. The average molecular weight is 309 g/mol. The number of amides is 1. The van der Waals surface area contributed by atoms with Crippen LogP contribution in [-0.2, 0) is 10.0 Å². The van der Waals surface area contributed by atoms with Crippen molar-refractivity contribution in [2.24, 2.45) is 11.7 Å². The Bertz CT molecular complexity index is 666. The number of nitrogens with one attached hydrogen (secondary N) is 2. The molecular formula is C14H19N3O3S. The van der Waals surface area contributed by atoms with Crippen LogP contribution in [-0.4, -0.2) is 20.5 Å². The Balaban J connectivity index is 1.93. The molecule has 0 radical (unpaired) electrons. The summed E-state index contributed by atoms with van der Waals surface area (Å²) in [5.74, 6) is -0.333. The van der Waals surface area contributed by atoms with Crippen molar-refractivity contribution < 1.29 is 13.2 Å². The van der Waals surface area contributed by atoms with Gasteiger partial charge in [0.15, 0.2) is 0 Å². The first-order valence-corrected chi connectivity index (χ1v) is 8.68. The Hall–Kier alpha value is -1.60. The van der Waals surface area contributed by atoms with E-state index in [9.17, 15) is 13.2 Å². The van der Waals surface area contributed by atoms with E-state index in [1.165, 1.54) is 12.5 Å². The van der Waals surface area contributed by atoms with Crippen molar-refractivity contribution in [2.75, 3.05) is 5.32 Å². The topological polar surface area (TPSA) is 101 Å². The van der Waals surface area contributed by atoms with Crippen LogP contribution < -0.4 is 15.8 Å². The van der Waals surface area contributed by atoms with Gasteiger partial charge in [0.05, 0.1) is 11.9 Å². The smallest absolute Gasteiger partial charge is 0.248 e. The number of benzene rings is 1. The second-order valence-corrected chi connectivity index (χ2v) is 7.40. The highest BCUT2D eigenvalue weighted by molar-refractivity contribution is 7.89. The van der Waals surface area contributed by atoms with E-state index >= 15 is 0 Å². The second kappa shape index (κ2) is 5.31. The molecule has 1 amide bonds. The molecule has 1 aliphatic carbocycles. The van der Waals surface area contributed by atoms with Crippen LogP contribution in [0.4, 0.5) is 5.69 Å². The Labute approximate surface area is 124 Å². The number of hydrogen-bond acceptors (Lipinski definition) is 4. The summed E-state index contributed by atoms with van der Waals surface area (Å²) in [6.07, 6.45) is 5.26. The average Bonchev–Trinajstić information content (AvgIpc) is 2.47. The highest BCUT2D eigenvalue weighted by atomic mass is 32.2. The van der Waals surface area contributed by atoms with Crippen molar-refractivity contribution in [1.82, 2.24) is 4.72 Å². The van der Waals surface area contributed by atoms with Crippen molar-refractivity contribution in [3.05, 3.63) is 23.8 Å². The number of carbonyl (C=O) groups is 1. The minimum atomic E-state index is -3.62. The minimum absolute atomic E-state index is 0.0888. The van der Waals surface area contributed by atoms with Gasteiger partial charge in [-0.05, 0) is 37.0 Å². The fraction of sp³-hybridized carbons (Fsp3) is 0.500. The first-order chi connectivity index (χ1) is 9.97. The highest BCUT2D eigenvalue weighted by Crippen LogP contribution is 2.33. The Morgan fingerprint density at radius 2 is 1.90 bits per heavy atom. The normalized spacial score (nSPS) is 24.9. The fourth-order valence-electron chi connectivity index (χ4n) is 3.13. The molecule has 0 bridgehead atoms. The maximum atomic E-state index is 12.4. The van der Waals surface area contributed by atoms with Crippen molar-refractivity contribution in [1.29, 1.82) is 0 Å². The van der Waals surface area contributed by atoms with Gasteiger partial charge in [-0.3, -0.25) is 4.79 Å². The third-order valence-electron chi connectivity index (χ3n) is 4.27. The standard InChI is InChI=1S/C14H19N3O3S/c15-13(18)10-6-7-11-12(8-10)21(19,20)17-14(16-11)9-4-2-1-3-5-9/h6-9,14,16-17H,1-5H2,(H2,15,18). The molecule has 1 heterocycles. The maximum absolute atomic E-state index is 12.4. The van der Waals surface area contributed by atoms with Gasteiger partial charge in [-0.1, -0.05) is 19.3 Å². The Morgan fingerprint density at radius 3 is 2.57 bits per heavy atom. The van der Waals surface area contributed by atoms with Crippen molar-refractivity contribution in [3.63, 3.8) is 0 Å². The number of carbonyl (C=O) groups excluding carboxylic acids is 1. The van der Waals surface area contributed by atoms with E-state index in [1.807, 2.05) is 0 Å². The summed E-state index contributed by atoms with van der Waals surface area (Å²) in [6, 6.07) is 4.49. The molecule has 114 valence electrons. The zero-order valence-electron chi connectivity index (χ0n) is 11.6. The molecule has 7 heteroatoms. The van der Waals surface area contributed by atoms with E-state index < -0.39 is 15.9 Å². The number of primary amides is 1. The van der Waals surface area contributed by atoms with Crippen LogP contribution in [0.2, 0.25) is 0 Å². The van der Waals surface area contributed by atoms with Gasteiger partial charge < -0.3 is 11.1 Å². The van der Waals surface area contributed by atoms with E-state index in [1.54, 1.807) is 12.1 Å². The number of nitrogens with two attached hydrogens (primary N) is 1. The van der Waals surface area contributed by atoms with Crippen LogP contribution in [0.3, 0.4) is 0 Å². The molecule has 6 nitrogen and oxygen atoms in total. The molecule has 0 aromatic heterocycles. The zero-order chi connectivity index (χ0) is 15.0. The third-order valence-corrected chi connectivity index (χ3v) is 5.75. The largest absolute Gasteiger partial charge is 0.368 e. The SMILES string of the molecule is NC(=O)c1ccc2c(c1)S(=O)(=O)NC(C1CCCCC1)N2. The summed E-state index contributed by atoms with van der Waals surface area (Å²) in [7, 11) is -3.62. The van der Waals surface area contributed by atoms with Gasteiger partial charge in [0.1, 0.15) is 4.90 Å². The van der Waals surface area contributed by atoms with Crippen molar-refractivity contribution in [3.8, 4) is 0 Å². The summed E-state index contributed by atoms with van der Waals surface area (Å²) in [4.78, 5) is 11.3. The lowest BCUT2D eigenvalue weighted by atomic mass is 9.87. The van der Waals surface area contributed by atoms with E-state index in [0.29, 0.717) is 11.6 Å². The van der Waals surface area contributed by atoms with Crippen LogP contribution in [0.15, 0.2) is 23.1 Å². The summed E-state index contributed by atoms with van der Waals surface area (Å²) >= 11 is 0. The lowest BCUT2D eigenvalue weighted by molar-refractivity contribution is 0.1000. The van der Waals surface area contributed by atoms with E-state index in [2.05, 4.69) is 10.0 Å². The number of rotatable bonds is 2. The molecule has 1 aliphatic heterocycles. The summed E-state index contributed by atoms with van der Waals surface area (Å²) in [5, 5.41) is 3.25. The molecule has 1 atom stereocenters. The lowest BCUT2D eigenvalue weighted by Gasteiger charge is -2.35. The Morgan fingerprint density at radius 1 is 1.19 bits per heavy atom. The molecule has 1 unspecified atom stereocenters. The van der Waals surface area contributed by atoms with E-state index in [0.717, 1.165) is 25.7 Å². The first kappa shape index (κ1) is 14.3. The molecule has 0 saturated heterocycles. The van der Waals surface area contributed by atoms with Gasteiger partial charge >= 0.3 is 0 Å². The monoisotopic (exact) mass is 309 g/mol. The molecule has 4 N–H and O–H groups in total. The summed E-state index contributed by atoms with van der Waals surface area (Å²) in [6.45, 7) is 0. The molecule has 1 aromatic carbocycles. The van der Waals surface area contributed by atoms with Crippen molar-refractivity contribution >= 4 is 21.6 Å². The fourth-order valence-corrected chi connectivity index (χ4v) is 4.54. The van der Waals surface area contributed by atoms with Crippen molar-refractivity contribution in [2.45, 2.75) is 43.2 Å². The zero-order valence-corrected chi connectivity index (χ0v) is 12.4. The van der Waals surface area contributed by atoms with Crippen LogP contribution >= 0.6 is 0 Å². The van der Waals surface area contributed by atoms with E-state index in [-0.39, 0.29) is 16.6 Å². The molecular weight excluding hydrogens is 290 g/mol. The van der Waals surface area contributed by atoms with Gasteiger partial charge in [0.25, 0.3) is 0 Å². The number of anilines is 1. The van der Waals surface area contributed by atoms with Crippen LogP contribution in [0.25, 0.3) is 0 Å². The quantitative estimate of drug-likeness (QED) is 0.768. The molecule has 2 aliphatic rings. The predicted molar refractivity (Wildman–Crippen MR) is 79.3 cm³/mol. The molecule has 1 fully saturated rings. The number of hydrogen-bond donors (Lipinski definition) is 3. The van der Waals surface area contributed by atoms with Crippen LogP contribution in [0.1, 0.15) is 42.5 Å². The third kappa shape index (κ3) is 2.75. The van der Waals surface area contributed by atoms with Gasteiger partial charge in [0.2, 0.25) is 15.9 Å². The maximum Gasteiger partial charge on any atom is 0.248 e. The van der Waals surface area contributed by atoms with Gasteiger partial charge in [-0.25, -0.2) is 8.42 Å². The highest BCUT2D eigenvalue weighted by Gasteiger charge is 2.34. The molecule has 21 heavy (non-hydrogen) atoms. The summed E-state index contributed by atoms with van der Waals surface area (Å²) in [5.41, 5.74) is 5.93. The molecule has 1 aromatic rings. The Kier molecular flexibility index (Phi) is 3.62. The molecule has 0 spiro atoms. The summed E-state index contributed by atoms with van der Waals surface area (Å²) < 4.78 is 27.5. The predicted octanol–water partition coefficient (Wildman–Crippen LogP) is 1.40. The van der Waals surface area contributed by atoms with Crippen LogP contribution in [0.5, 0.6) is 0 Å². The molecule has 1 saturated carbocycles. The van der Waals surface area contributed by atoms with Crippen LogP contribution in [0, 0.1) is 5.92 Å². The molecule has 3 rings (SSSR count). The lowest BCUT2D eigenvalue weighted by Crippen LogP contribution is -2.49. The van der Waals surface area contributed by atoms with E-state index in [4.69, 9.17) is 5.73 Å². The number of sulfonamides is 1. The first-order valence-electron chi connectivity index (χ1n) is 7.20. The second-order valence-electron chi connectivity index (χ2n) is 5.72.